The van der Waals surface area contributed by atoms with E-state index in [2.05, 4.69) is 12.2 Å². The van der Waals surface area contributed by atoms with Gasteiger partial charge in [0.25, 0.3) is 0 Å². The molecule has 0 aliphatic heterocycles. The number of hydrogen-bond acceptors (Lipinski definition) is 3. The van der Waals surface area contributed by atoms with Crippen LogP contribution in [0.15, 0.2) is 0 Å². The smallest absolute Gasteiger partial charge is 0.408 e. The number of amides is 1. The minimum atomic E-state index is -1.00. The van der Waals surface area contributed by atoms with Crippen molar-refractivity contribution in [1.29, 1.82) is 0 Å². The minimum Gasteiger partial charge on any atom is -0.480 e. The van der Waals surface area contributed by atoms with E-state index in [4.69, 9.17) is 4.74 Å². The highest BCUT2D eigenvalue weighted by Crippen LogP contribution is 2.13. The largest absolute Gasteiger partial charge is 0.480 e. The van der Waals surface area contributed by atoms with Crippen LogP contribution in [0, 0.1) is 0 Å². The lowest BCUT2D eigenvalue weighted by molar-refractivity contribution is -0.139. The van der Waals surface area contributed by atoms with Gasteiger partial charge in [-0.3, -0.25) is 0 Å². The molecule has 0 aliphatic rings. The van der Waals surface area contributed by atoms with Crippen LogP contribution in [0.3, 0.4) is 0 Å². The van der Waals surface area contributed by atoms with Crippen LogP contribution < -0.4 is 5.32 Å². The molecule has 154 valence electrons. The number of carbonyl (C=O) groups excluding carboxylic acids is 1. The first-order valence-electron chi connectivity index (χ1n) is 10.5. The first-order valence-corrected chi connectivity index (χ1v) is 10.5. The number of carboxylic acids is 1. The van der Waals surface area contributed by atoms with E-state index < -0.39 is 23.7 Å². The predicted molar refractivity (Wildman–Crippen MR) is 106 cm³/mol. The van der Waals surface area contributed by atoms with Gasteiger partial charge in [0.15, 0.2) is 0 Å². The van der Waals surface area contributed by atoms with Crippen molar-refractivity contribution in [3.63, 3.8) is 0 Å². The Kier molecular flexibility index (Phi) is 14.1. The lowest BCUT2D eigenvalue weighted by Gasteiger charge is -2.22. The topological polar surface area (TPSA) is 75.6 Å². The molecule has 1 unspecified atom stereocenters. The number of rotatable bonds is 15. The molecular formula is C21H41NO4. The van der Waals surface area contributed by atoms with Crippen molar-refractivity contribution >= 4 is 12.1 Å². The molecule has 0 bridgehead atoms. The molecule has 0 heterocycles. The summed E-state index contributed by atoms with van der Waals surface area (Å²) in [5.74, 6) is -1.00. The van der Waals surface area contributed by atoms with Crippen molar-refractivity contribution in [2.24, 2.45) is 0 Å². The Labute approximate surface area is 160 Å². The number of alkyl carbamates (subject to hydrolysis) is 1. The second-order valence-corrected chi connectivity index (χ2v) is 8.21. The Morgan fingerprint density at radius 3 is 1.65 bits per heavy atom. The number of unbranched alkanes of at least 4 members (excludes halogenated alkanes) is 11. The van der Waals surface area contributed by atoms with Gasteiger partial charge in [-0.25, -0.2) is 9.59 Å². The van der Waals surface area contributed by atoms with Crippen LogP contribution in [0.25, 0.3) is 0 Å². The molecule has 0 saturated heterocycles. The average Bonchev–Trinajstić information content (AvgIpc) is 2.52. The molecule has 0 spiro atoms. The number of ether oxygens (including phenoxy) is 1. The Balaban J connectivity index is 3.66. The van der Waals surface area contributed by atoms with E-state index in [1.165, 1.54) is 57.8 Å². The average molecular weight is 372 g/mol. The number of aliphatic carboxylic acids is 1. The maximum absolute atomic E-state index is 11.7. The van der Waals surface area contributed by atoms with Crippen molar-refractivity contribution in [1.82, 2.24) is 5.32 Å². The minimum absolute atomic E-state index is 0.450. The lowest BCUT2D eigenvalue weighted by atomic mass is 10.0. The molecule has 1 atom stereocenters. The van der Waals surface area contributed by atoms with Crippen LogP contribution in [-0.4, -0.2) is 28.8 Å². The van der Waals surface area contributed by atoms with Gasteiger partial charge in [0.05, 0.1) is 0 Å². The summed E-state index contributed by atoms with van der Waals surface area (Å²) < 4.78 is 5.12. The van der Waals surface area contributed by atoms with Gasteiger partial charge in [0.1, 0.15) is 11.6 Å². The maximum atomic E-state index is 11.7. The van der Waals surface area contributed by atoms with Crippen molar-refractivity contribution in [2.75, 3.05) is 0 Å². The first kappa shape index (κ1) is 24.7. The summed E-state index contributed by atoms with van der Waals surface area (Å²) in [5.41, 5.74) is -0.622. The van der Waals surface area contributed by atoms with Crippen LogP contribution >= 0.6 is 0 Å². The lowest BCUT2D eigenvalue weighted by Crippen LogP contribution is -2.43. The summed E-state index contributed by atoms with van der Waals surface area (Å²) in [7, 11) is 0. The fourth-order valence-corrected chi connectivity index (χ4v) is 2.90. The van der Waals surface area contributed by atoms with E-state index >= 15 is 0 Å². The van der Waals surface area contributed by atoms with E-state index in [-0.39, 0.29) is 0 Å². The third-order valence-corrected chi connectivity index (χ3v) is 4.34. The van der Waals surface area contributed by atoms with Crippen LogP contribution in [-0.2, 0) is 9.53 Å². The SMILES string of the molecule is CCCCCCCCCCCCCCC(NC(=O)OC(C)(C)C)C(=O)O. The molecule has 5 nitrogen and oxygen atoms in total. The third kappa shape index (κ3) is 16.2. The van der Waals surface area contributed by atoms with Gasteiger partial charge in [-0.05, 0) is 27.2 Å². The number of carboxylic acid groups (broad SMARTS) is 1. The molecule has 0 aromatic heterocycles. The maximum Gasteiger partial charge on any atom is 0.408 e. The van der Waals surface area contributed by atoms with Crippen LogP contribution in [0.5, 0.6) is 0 Å². The first-order chi connectivity index (χ1) is 12.3. The zero-order chi connectivity index (χ0) is 19.8. The Morgan fingerprint density at radius 2 is 1.27 bits per heavy atom. The summed E-state index contributed by atoms with van der Waals surface area (Å²) in [6.45, 7) is 7.51. The molecule has 26 heavy (non-hydrogen) atoms. The zero-order valence-electron chi connectivity index (χ0n) is 17.4. The Bertz CT molecular complexity index is 377. The molecule has 0 fully saturated rings. The summed E-state index contributed by atoms with van der Waals surface area (Å²) in [6.07, 6.45) is 14.6. The molecule has 0 rings (SSSR count). The van der Waals surface area contributed by atoms with Crippen LogP contribution in [0.4, 0.5) is 4.79 Å². The van der Waals surface area contributed by atoms with E-state index in [0.717, 1.165) is 19.3 Å². The summed E-state index contributed by atoms with van der Waals surface area (Å²) >= 11 is 0. The van der Waals surface area contributed by atoms with Crippen molar-refractivity contribution in [2.45, 2.75) is 123 Å². The molecule has 0 aromatic carbocycles. The molecule has 2 N–H and O–H groups in total. The van der Waals surface area contributed by atoms with Crippen LogP contribution in [0.1, 0.15) is 111 Å². The number of carbonyl (C=O) groups is 2. The quantitative estimate of drug-likeness (QED) is 0.343. The van der Waals surface area contributed by atoms with Gasteiger partial charge in [-0.2, -0.15) is 0 Å². The number of nitrogens with one attached hydrogen (secondary N) is 1. The van der Waals surface area contributed by atoms with Crippen molar-refractivity contribution in [3.8, 4) is 0 Å². The highest BCUT2D eigenvalue weighted by molar-refractivity contribution is 5.79. The number of hydrogen-bond donors (Lipinski definition) is 2. The van der Waals surface area contributed by atoms with E-state index in [9.17, 15) is 14.7 Å². The molecule has 0 aromatic rings. The third-order valence-electron chi connectivity index (χ3n) is 4.34. The van der Waals surface area contributed by atoms with Gasteiger partial charge in [0.2, 0.25) is 0 Å². The fourth-order valence-electron chi connectivity index (χ4n) is 2.90. The summed E-state index contributed by atoms with van der Waals surface area (Å²) in [6, 6.07) is -0.868. The Morgan fingerprint density at radius 1 is 0.846 bits per heavy atom. The van der Waals surface area contributed by atoms with E-state index in [1.54, 1.807) is 20.8 Å². The highest BCUT2D eigenvalue weighted by Gasteiger charge is 2.23. The predicted octanol–water partition coefficient (Wildman–Crippen LogP) is 6.06. The molecule has 0 radical (unpaired) electrons. The standard InChI is InChI=1S/C21H41NO4/c1-5-6-7-8-9-10-11-12-13-14-15-16-17-18(19(23)24)22-20(25)26-21(2,3)4/h18H,5-17H2,1-4H3,(H,22,25)(H,23,24). The molecule has 0 saturated carbocycles. The fraction of sp³-hybridized carbons (Fsp3) is 0.905. The zero-order valence-corrected chi connectivity index (χ0v) is 17.4. The Hall–Kier alpha value is -1.26. The van der Waals surface area contributed by atoms with Gasteiger partial charge >= 0.3 is 12.1 Å². The van der Waals surface area contributed by atoms with Gasteiger partial charge in [0, 0.05) is 0 Å². The molecular weight excluding hydrogens is 330 g/mol. The van der Waals surface area contributed by atoms with Gasteiger partial charge in [-0.15, -0.1) is 0 Å². The highest BCUT2D eigenvalue weighted by atomic mass is 16.6. The molecule has 0 aliphatic carbocycles. The van der Waals surface area contributed by atoms with Crippen LogP contribution in [0.2, 0.25) is 0 Å². The molecule has 1 amide bonds. The van der Waals surface area contributed by atoms with Gasteiger partial charge < -0.3 is 15.2 Å². The normalized spacial score (nSPS) is 12.6. The monoisotopic (exact) mass is 371 g/mol. The van der Waals surface area contributed by atoms with Crippen molar-refractivity contribution < 1.29 is 19.4 Å². The summed E-state index contributed by atoms with van der Waals surface area (Å²) in [4.78, 5) is 23.0. The van der Waals surface area contributed by atoms with E-state index in [1.807, 2.05) is 0 Å². The second-order valence-electron chi connectivity index (χ2n) is 8.21. The second kappa shape index (κ2) is 14.9. The van der Waals surface area contributed by atoms with Crippen molar-refractivity contribution in [3.05, 3.63) is 0 Å². The van der Waals surface area contributed by atoms with Gasteiger partial charge in [-0.1, -0.05) is 84.0 Å². The summed E-state index contributed by atoms with van der Waals surface area (Å²) in [5, 5.41) is 11.7. The van der Waals surface area contributed by atoms with E-state index in [0.29, 0.717) is 6.42 Å². The molecule has 5 heteroatoms.